The number of rotatable bonds is 7. The zero-order chi connectivity index (χ0) is 22.3. The van der Waals surface area contributed by atoms with E-state index in [4.69, 9.17) is 0 Å². The number of aromatic amines is 1. The predicted molar refractivity (Wildman–Crippen MR) is 120 cm³/mol. The zero-order valence-corrected chi connectivity index (χ0v) is 18.7. The topological polar surface area (TPSA) is 66.8 Å². The van der Waals surface area contributed by atoms with Crippen molar-refractivity contribution in [3.8, 4) is 11.4 Å². The van der Waals surface area contributed by atoms with E-state index in [1.165, 1.54) is 12.1 Å². The smallest absolute Gasteiger partial charge is 0.247 e. The normalized spacial score (nSPS) is 22.7. The Hall–Kier alpha value is -2.52. The summed E-state index contributed by atoms with van der Waals surface area (Å²) in [6.07, 6.45) is 4.74. The molecule has 1 aromatic carbocycles. The maximum absolute atomic E-state index is 14.2. The summed E-state index contributed by atoms with van der Waals surface area (Å²) in [6, 6.07) is 7.20. The first-order chi connectivity index (χ1) is 15.4. The van der Waals surface area contributed by atoms with Crippen LogP contribution in [0.4, 0.5) is 8.78 Å². The molecule has 1 saturated carbocycles. The fourth-order valence-electron chi connectivity index (χ4n) is 4.89. The molecular weight excluding hydrogens is 432 g/mol. The number of thioether (sulfide) groups is 1. The Labute approximate surface area is 189 Å². The highest BCUT2D eigenvalue weighted by molar-refractivity contribution is 7.99. The molecule has 0 radical (unpaired) electrons. The van der Waals surface area contributed by atoms with Gasteiger partial charge in [0.1, 0.15) is 11.6 Å². The number of hydrogen-bond donors (Lipinski definition) is 1. The number of pyridine rings is 1. The van der Waals surface area contributed by atoms with Crippen LogP contribution in [0.3, 0.4) is 0 Å². The van der Waals surface area contributed by atoms with E-state index in [1.807, 2.05) is 11.6 Å². The van der Waals surface area contributed by atoms with E-state index in [0.29, 0.717) is 5.56 Å². The van der Waals surface area contributed by atoms with Gasteiger partial charge >= 0.3 is 0 Å². The summed E-state index contributed by atoms with van der Waals surface area (Å²) >= 11 is 1.67. The highest BCUT2D eigenvalue weighted by Crippen LogP contribution is 2.64. The quantitative estimate of drug-likeness (QED) is 0.432. The van der Waals surface area contributed by atoms with Crippen molar-refractivity contribution in [3.05, 3.63) is 64.1 Å². The van der Waals surface area contributed by atoms with Crippen molar-refractivity contribution in [2.45, 2.75) is 30.3 Å². The lowest BCUT2D eigenvalue weighted by Crippen LogP contribution is -2.23. The Morgan fingerprint density at radius 2 is 2.12 bits per heavy atom. The van der Waals surface area contributed by atoms with Crippen LogP contribution in [0.1, 0.15) is 30.7 Å². The third-order valence-electron chi connectivity index (χ3n) is 6.72. The predicted octanol–water partition coefficient (Wildman–Crippen LogP) is 3.81. The Balaban J connectivity index is 1.11. The van der Waals surface area contributed by atoms with Crippen LogP contribution in [0.5, 0.6) is 0 Å². The van der Waals surface area contributed by atoms with Crippen LogP contribution in [-0.2, 0) is 7.05 Å². The van der Waals surface area contributed by atoms with Crippen molar-refractivity contribution in [1.29, 1.82) is 0 Å². The van der Waals surface area contributed by atoms with Crippen molar-refractivity contribution in [2.24, 2.45) is 12.5 Å². The van der Waals surface area contributed by atoms with Gasteiger partial charge in [0.25, 0.3) is 0 Å². The van der Waals surface area contributed by atoms with Crippen molar-refractivity contribution >= 4 is 11.8 Å². The van der Waals surface area contributed by atoms with E-state index in [-0.39, 0.29) is 16.9 Å². The molecule has 0 amide bonds. The number of nitrogens with one attached hydrogen (secondary N) is 1. The van der Waals surface area contributed by atoms with Crippen LogP contribution in [-0.4, -0.2) is 50.0 Å². The molecule has 5 rings (SSSR count). The SMILES string of the molecule is Cn1c(SCCCN2CCC3(CC3c3ccc(F)cc3F)C2)nnc1-c1ccc(=O)[nH]c1. The van der Waals surface area contributed by atoms with Crippen LogP contribution >= 0.6 is 11.8 Å². The van der Waals surface area contributed by atoms with Gasteiger partial charge in [-0.2, -0.15) is 0 Å². The van der Waals surface area contributed by atoms with Crippen LogP contribution in [0.25, 0.3) is 11.4 Å². The number of H-pyrrole nitrogens is 1. The molecule has 1 aliphatic heterocycles. The summed E-state index contributed by atoms with van der Waals surface area (Å²) < 4.78 is 29.3. The summed E-state index contributed by atoms with van der Waals surface area (Å²) in [7, 11) is 1.93. The first kappa shape index (κ1) is 21.3. The summed E-state index contributed by atoms with van der Waals surface area (Å²) in [6.45, 7) is 3.02. The minimum atomic E-state index is -0.514. The average molecular weight is 458 g/mol. The van der Waals surface area contributed by atoms with Crippen molar-refractivity contribution in [3.63, 3.8) is 0 Å². The van der Waals surface area contributed by atoms with Gasteiger partial charge in [0.05, 0.1) is 0 Å². The lowest BCUT2D eigenvalue weighted by atomic mass is 9.98. The van der Waals surface area contributed by atoms with E-state index >= 15 is 0 Å². The summed E-state index contributed by atoms with van der Waals surface area (Å²) in [5.74, 6) is 0.939. The number of halogens is 2. The summed E-state index contributed by atoms with van der Waals surface area (Å²) in [5.41, 5.74) is 1.52. The van der Waals surface area contributed by atoms with E-state index < -0.39 is 11.6 Å². The number of nitrogens with zero attached hydrogens (tertiary/aromatic N) is 4. The van der Waals surface area contributed by atoms with Gasteiger partial charge in [-0.25, -0.2) is 8.78 Å². The van der Waals surface area contributed by atoms with Gasteiger partial charge in [0.15, 0.2) is 11.0 Å². The Morgan fingerprint density at radius 3 is 2.91 bits per heavy atom. The van der Waals surface area contributed by atoms with Gasteiger partial charge in [0.2, 0.25) is 5.56 Å². The van der Waals surface area contributed by atoms with Gasteiger partial charge < -0.3 is 14.5 Å². The molecule has 3 heterocycles. The number of likely N-dealkylation sites (tertiary alicyclic amines) is 1. The molecule has 2 aromatic heterocycles. The fourth-order valence-corrected chi connectivity index (χ4v) is 5.73. The Bertz CT molecular complexity index is 1170. The molecule has 0 bridgehead atoms. The van der Waals surface area contributed by atoms with Crippen molar-refractivity contribution < 1.29 is 8.78 Å². The molecular formula is C23H25F2N5OS. The number of benzene rings is 1. The second-order valence-electron chi connectivity index (χ2n) is 8.82. The lowest BCUT2D eigenvalue weighted by Gasteiger charge is -2.16. The fraction of sp³-hybridized carbons (Fsp3) is 0.435. The molecule has 1 N–H and O–H groups in total. The van der Waals surface area contributed by atoms with E-state index in [0.717, 1.165) is 67.3 Å². The van der Waals surface area contributed by atoms with Gasteiger partial charge in [-0.05, 0) is 61.4 Å². The van der Waals surface area contributed by atoms with Crippen molar-refractivity contribution in [2.75, 3.05) is 25.4 Å². The molecule has 1 aliphatic carbocycles. The summed E-state index contributed by atoms with van der Waals surface area (Å²) in [5, 5.41) is 9.38. The lowest BCUT2D eigenvalue weighted by molar-refractivity contribution is 0.319. The molecule has 32 heavy (non-hydrogen) atoms. The highest BCUT2D eigenvalue weighted by atomic mass is 32.2. The first-order valence-corrected chi connectivity index (χ1v) is 11.8. The maximum atomic E-state index is 14.2. The number of hydrogen-bond acceptors (Lipinski definition) is 5. The highest BCUT2D eigenvalue weighted by Gasteiger charge is 2.58. The maximum Gasteiger partial charge on any atom is 0.247 e. The second-order valence-corrected chi connectivity index (χ2v) is 9.88. The van der Waals surface area contributed by atoms with E-state index in [1.54, 1.807) is 30.1 Å². The average Bonchev–Trinajstić information content (AvgIpc) is 3.09. The molecule has 1 saturated heterocycles. The zero-order valence-electron chi connectivity index (χ0n) is 17.9. The van der Waals surface area contributed by atoms with Crippen LogP contribution in [0, 0.1) is 17.0 Å². The first-order valence-electron chi connectivity index (χ1n) is 10.8. The Kier molecular flexibility index (Phi) is 5.63. The molecule has 9 heteroatoms. The minimum Gasteiger partial charge on any atom is -0.328 e. The largest absolute Gasteiger partial charge is 0.328 e. The molecule has 168 valence electrons. The third kappa shape index (κ3) is 4.11. The molecule has 6 nitrogen and oxygen atoms in total. The van der Waals surface area contributed by atoms with Crippen LogP contribution in [0.15, 0.2) is 46.5 Å². The van der Waals surface area contributed by atoms with E-state index in [2.05, 4.69) is 20.1 Å². The molecule has 3 aromatic rings. The Morgan fingerprint density at radius 1 is 1.25 bits per heavy atom. The molecule has 2 aliphatic rings. The third-order valence-corrected chi connectivity index (χ3v) is 7.83. The van der Waals surface area contributed by atoms with Crippen LogP contribution < -0.4 is 5.56 Å². The molecule has 2 fully saturated rings. The van der Waals surface area contributed by atoms with Crippen molar-refractivity contribution in [1.82, 2.24) is 24.6 Å². The standard InChI is InChI=1S/C23H25F2N5OS/c1-29-21(15-3-6-20(31)26-13-15)27-28-22(29)32-10-2-8-30-9-7-23(14-30)12-18(23)17-5-4-16(24)11-19(17)25/h3-6,11,13,18H,2,7-10,12,14H2,1H3,(H,26,31). The van der Waals surface area contributed by atoms with Gasteiger partial charge in [-0.1, -0.05) is 17.8 Å². The van der Waals surface area contributed by atoms with Crippen LogP contribution in [0.2, 0.25) is 0 Å². The second kappa shape index (κ2) is 8.44. The monoisotopic (exact) mass is 457 g/mol. The van der Waals surface area contributed by atoms with Gasteiger partial charge in [-0.15, -0.1) is 10.2 Å². The summed E-state index contributed by atoms with van der Waals surface area (Å²) in [4.78, 5) is 16.4. The molecule has 2 atom stereocenters. The van der Waals surface area contributed by atoms with E-state index in [9.17, 15) is 13.6 Å². The molecule has 1 spiro atoms. The van der Waals surface area contributed by atoms with Gasteiger partial charge in [-0.3, -0.25) is 4.79 Å². The molecule has 2 unspecified atom stereocenters. The minimum absolute atomic E-state index is 0.144. The number of aromatic nitrogens is 4. The van der Waals surface area contributed by atoms with Gasteiger partial charge in [0, 0.05) is 43.2 Å².